The summed E-state index contributed by atoms with van der Waals surface area (Å²) < 4.78 is 0. The molecule has 2 aliphatic rings. The van der Waals surface area contributed by atoms with E-state index in [-0.39, 0.29) is 12.5 Å². The normalized spacial score (nSPS) is 28.5. The molecule has 0 spiro atoms. The minimum absolute atomic E-state index is 0.148. The zero-order valence-electron chi connectivity index (χ0n) is 12.3. The Kier molecular flexibility index (Phi) is 5.22. The topological polar surface area (TPSA) is 43.8 Å². The van der Waals surface area contributed by atoms with Gasteiger partial charge < -0.3 is 10.0 Å². The van der Waals surface area contributed by atoms with Crippen molar-refractivity contribution in [1.82, 2.24) is 9.80 Å². The highest BCUT2D eigenvalue weighted by molar-refractivity contribution is 5.79. The Hall–Kier alpha value is -0.610. The van der Waals surface area contributed by atoms with Crippen LogP contribution in [0.2, 0.25) is 0 Å². The summed E-state index contributed by atoms with van der Waals surface area (Å²) >= 11 is 0. The quantitative estimate of drug-likeness (QED) is 0.824. The van der Waals surface area contributed by atoms with E-state index in [0.717, 1.165) is 12.8 Å². The predicted molar refractivity (Wildman–Crippen MR) is 75.9 cm³/mol. The lowest BCUT2D eigenvalue weighted by atomic mass is 9.91. The molecule has 2 rings (SSSR count). The van der Waals surface area contributed by atoms with Crippen molar-refractivity contribution in [2.45, 2.75) is 70.5 Å². The third kappa shape index (κ3) is 3.48. The fraction of sp³-hybridized carbons (Fsp3) is 0.933. The second-order valence-electron chi connectivity index (χ2n) is 6.21. The van der Waals surface area contributed by atoms with Crippen molar-refractivity contribution >= 4 is 5.91 Å². The molecule has 1 N–H and O–H groups in total. The Bertz CT molecular complexity index is 295. The summed E-state index contributed by atoms with van der Waals surface area (Å²) in [7, 11) is 0. The Morgan fingerprint density at radius 2 is 1.74 bits per heavy atom. The van der Waals surface area contributed by atoms with Crippen LogP contribution in [0.1, 0.15) is 52.4 Å². The number of amides is 1. The molecule has 1 aliphatic heterocycles. The molecule has 1 amide bonds. The number of aliphatic hydroxyl groups excluding tert-OH is 1. The largest absolute Gasteiger partial charge is 0.395 e. The number of nitrogens with zero attached hydrogens (tertiary/aromatic N) is 2. The van der Waals surface area contributed by atoms with Crippen LogP contribution in [0.25, 0.3) is 0 Å². The molecule has 1 aliphatic carbocycles. The highest BCUT2D eigenvalue weighted by Gasteiger charge is 2.32. The predicted octanol–water partition coefficient (Wildman–Crippen LogP) is 1.62. The second-order valence-corrected chi connectivity index (χ2v) is 6.21. The van der Waals surface area contributed by atoms with Crippen LogP contribution in [0.5, 0.6) is 0 Å². The van der Waals surface area contributed by atoms with Crippen LogP contribution in [-0.2, 0) is 4.79 Å². The maximum Gasteiger partial charge on any atom is 0.237 e. The molecular formula is C15H28N2O2. The van der Waals surface area contributed by atoms with Crippen molar-refractivity contribution in [3.8, 4) is 0 Å². The summed E-state index contributed by atoms with van der Waals surface area (Å²) in [4.78, 5) is 16.8. The van der Waals surface area contributed by atoms with E-state index in [1.807, 2.05) is 0 Å². The van der Waals surface area contributed by atoms with E-state index < -0.39 is 0 Å². The first-order valence-electron chi connectivity index (χ1n) is 7.79. The first kappa shape index (κ1) is 14.8. The van der Waals surface area contributed by atoms with Gasteiger partial charge in [-0.05, 0) is 46.0 Å². The van der Waals surface area contributed by atoms with Crippen LogP contribution < -0.4 is 0 Å². The van der Waals surface area contributed by atoms with Crippen LogP contribution in [0.15, 0.2) is 0 Å². The van der Waals surface area contributed by atoms with Crippen molar-refractivity contribution in [2.75, 3.05) is 19.7 Å². The van der Waals surface area contributed by atoms with E-state index in [4.69, 9.17) is 5.11 Å². The lowest BCUT2D eigenvalue weighted by Gasteiger charge is -2.42. The lowest BCUT2D eigenvalue weighted by molar-refractivity contribution is -0.139. The van der Waals surface area contributed by atoms with Gasteiger partial charge in [-0.15, -0.1) is 0 Å². The molecular weight excluding hydrogens is 240 g/mol. The molecule has 4 nitrogen and oxygen atoms in total. The van der Waals surface area contributed by atoms with Crippen LogP contribution >= 0.6 is 0 Å². The number of carbonyl (C=O) groups excluding carboxylic acids is 1. The van der Waals surface area contributed by atoms with E-state index in [1.54, 1.807) is 0 Å². The van der Waals surface area contributed by atoms with Gasteiger partial charge in [-0.1, -0.05) is 6.42 Å². The first-order valence-corrected chi connectivity index (χ1v) is 7.79. The molecule has 4 heteroatoms. The number of hydrogen-bond acceptors (Lipinski definition) is 3. The van der Waals surface area contributed by atoms with Crippen molar-refractivity contribution < 1.29 is 9.90 Å². The van der Waals surface area contributed by atoms with Gasteiger partial charge >= 0.3 is 0 Å². The average Bonchev–Trinajstić information content (AvgIpc) is 2.26. The van der Waals surface area contributed by atoms with Gasteiger partial charge in [-0.2, -0.15) is 0 Å². The average molecular weight is 268 g/mol. The second kappa shape index (κ2) is 6.71. The molecule has 0 radical (unpaired) electrons. The molecule has 110 valence electrons. The highest BCUT2D eigenvalue weighted by atomic mass is 16.3. The standard InChI is InChI=1S/C15H28N2O2/c1-12-5-3-6-13(2)17(12)15(19)11-16(9-10-18)14-7-4-8-14/h12-14,18H,3-11H2,1-2H3. The molecule has 0 aromatic heterocycles. The minimum Gasteiger partial charge on any atom is -0.395 e. The fourth-order valence-corrected chi connectivity index (χ4v) is 3.44. The molecule has 2 unspecified atom stereocenters. The van der Waals surface area contributed by atoms with Crippen molar-refractivity contribution in [3.63, 3.8) is 0 Å². The van der Waals surface area contributed by atoms with Gasteiger partial charge in [0.15, 0.2) is 0 Å². The molecule has 0 aromatic rings. The van der Waals surface area contributed by atoms with E-state index in [9.17, 15) is 4.79 Å². The number of carbonyl (C=O) groups is 1. The van der Waals surface area contributed by atoms with Crippen LogP contribution in [0.3, 0.4) is 0 Å². The molecule has 0 bridgehead atoms. The van der Waals surface area contributed by atoms with Crippen LogP contribution in [0, 0.1) is 0 Å². The molecule has 2 fully saturated rings. The molecule has 1 saturated heterocycles. The van der Waals surface area contributed by atoms with Gasteiger partial charge in [0.25, 0.3) is 0 Å². The van der Waals surface area contributed by atoms with Crippen molar-refractivity contribution in [1.29, 1.82) is 0 Å². The molecule has 1 heterocycles. The summed E-state index contributed by atoms with van der Waals surface area (Å²) in [5, 5.41) is 9.17. The first-order chi connectivity index (χ1) is 9.13. The van der Waals surface area contributed by atoms with Crippen molar-refractivity contribution in [2.24, 2.45) is 0 Å². The Labute approximate surface area is 116 Å². The molecule has 1 saturated carbocycles. The van der Waals surface area contributed by atoms with E-state index in [0.29, 0.717) is 31.2 Å². The maximum atomic E-state index is 12.6. The number of rotatable bonds is 5. The third-order valence-corrected chi connectivity index (χ3v) is 4.80. The summed E-state index contributed by atoms with van der Waals surface area (Å²) in [6.07, 6.45) is 7.10. The van der Waals surface area contributed by atoms with E-state index >= 15 is 0 Å². The molecule has 2 atom stereocenters. The van der Waals surface area contributed by atoms with E-state index in [1.165, 1.54) is 25.7 Å². The molecule has 0 aromatic carbocycles. The Balaban J connectivity index is 1.93. The fourth-order valence-electron chi connectivity index (χ4n) is 3.44. The van der Waals surface area contributed by atoms with Gasteiger partial charge in [0, 0.05) is 24.7 Å². The number of aliphatic hydroxyl groups is 1. The third-order valence-electron chi connectivity index (χ3n) is 4.80. The summed E-state index contributed by atoms with van der Waals surface area (Å²) in [5.41, 5.74) is 0. The van der Waals surface area contributed by atoms with Gasteiger partial charge in [0.2, 0.25) is 5.91 Å². The Morgan fingerprint density at radius 3 is 2.21 bits per heavy atom. The number of likely N-dealkylation sites (tertiary alicyclic amines) is 1. The summed E-state index contributed by atoms with van der Waals surface area (Å²) in [6, 6.07) is 1.26. The maximum absolute atomic E-state index is 12.6. The summed E-state index contributed by atoms with van der Waals surface area (Å²) in [6.45, 7) is 5.59. The number of piperidine rings is 1. The monoisotopic (exact) mass is 268 g/mol. The SMILES string of the molecule is CC1CCCC(C)N1C(=O)CN(CCO)C1CCC1. The van der Waals surface area contributed by atoms with E-state index in [2.05, 4.69) is 23.6 Å². The smallest absolute Gasteiger partial charge is 0.237 e. The minimum atomic E-state index is 0.148. The zero-order chi connectivity index (χ0) is 13.8. The lowest BCUT2D eigenvalue weighted by Crippen LogP contribution is -2.53. The van der Waals surface area contributed by atoms with Gasteiger partial charge in [0.1, 0.15) is 0 Å². The van der Waals surface area contributed by atoms with Crippen LogP contribution in [-0.4, -0.2) is 58.6 Å². The van der Waals surface area contributed by atoms with Crippen LogP contribution in [0.4, 0.5) is 0 Å². The highest BCUT2D eigenvalue weighted by Crippen LogP contribution is 2.26. The van der Waals surface area contributed by atoms with Crippen molar-refractivity contribution in [3.05, 3.63) is 0 Å². The Morgan fingerprint density at radius 1 is 1.16 bits per heavy atom. The van der Waals surface area contributed by atoms with Gasteiger partial charge in [-0.3, -0.25) is 9.69 Å². The zero-order valence-corrected chi connectivity index (χ0v) is 12.3. The molecule has 19 heavy (non-hydrogen) atoms. The summed E-state index contributed by atoms with van der Waals surface area (Å²) in [5.74, 6) is 0.250. The van der Waals surface area contributed by atoms with Gasteiger partial charge in [-0.25, -0.2) is 0 Å². The van der Waals surface area contributed by atoms with Gasteiger partial charge in [0.05, 0.1) is 13.2 Å². The number of hydrogen-bond donors (Lipinski definition) is 1.